The molecule has 0 radical (unpaired) electrons. The Labute approximate surface area is 204 Å². The van der Waals surface area contributed by atoms with Crippen molar-refractivity contribution in [3.8, 4) is 17.0 Å². The van der Waals surface area contributed by atoms with Crippen LogP contribution in [0.5, 0.6) is 5.75 Å². The van der Waals surface area contributed by atoms with Crippen molar-refractivity contribution in [3.05, 3.63) is 59.5 Å². The molecule has 180 valence electrons. The van der Waals surface area contributed by atoms with Crippen molar-refractivity contribution >= 4 is 32.4 Å². The van der Waals surface area contributed by atoms with Gasteiger partial charge in [-0.2, -0.15) is 4.31 Å². The van der Waals surface area contributed by atoms with Crippen LogP contribution in [0.15, 0.2) is 58.8 Å². The molecule has 1 amide bonds. The molecule has 1 aliphatic rings. The lowest BCUT2D eigenvalue weighted by molar-refractivity contribution is 0.102. The number of piperidine rings is 1. The number of hydrogen-bond acceptors (Lipinski definition) is 6. The minimum absolute atomic E-state index is 0.206. The number of rotatable bonds is 7. The van der Waals surface area contributed by atoms with E-state index in [1.54, 1.807) is 16.4 Å². The van der Waals surface area contributed by atoms with E-state index in [4.69, 9.17) is 4.74 Å². The molecule has 0 spiro atoms. The minimum Gasteiger partial charge on any atom is -0.494 e. The molecule has 0 bridgehead atoms. The highest BCUT2D eigenvalue weighted by molar-refractivity contribution is 7.89. The third kappa shape index (κ3) is 5.48. The molecule has 1 aromatic heterocycles. The fraction of sp³-hybridized carbons (Fsp3) is 0.360. The molecular formula is C25H29N3O4S2. The quantitative estimate of drug-likeness (QED) is 0.487. The van der Waals surface area contributed by atoms with Crippen molar-refractivity contribution in [2.75, 3.05) is 25.0 Å². The zero-order valence-corrected chi connectivity index (χ0v) is 21.2. The number of anilines is 1. The van der Waals surface area contributed by atoms with Crippen LogP contribution in [-0.4, -0.2) is 43.3 Å². The molecule has 2 aromatic carbocycles. The van der Waals surface area contributed by atoms with Gasteiger partial charge in [0.05, 0.1) is 17.2 Å². The molecule has 0 saturated carbocycles. The number of carbonyl (C=O) groups is 1. The second-order valence-corrected chi connectivity index (χ2v) is 11.5. The van der Waals surface area contributed by atoms with Gasteiger partial charge >= 0.3 is 0 Å². The number of nitrogens with zero attached hydrogens (tertiary/aromatic N) is 2. The topological polar surface area (TPSA) is 88.6 Å². The van der Waals surface area contributed by atoms with Crippen molar-refractivity contribution in [1.82, 2.24) is 9.29 Å². The number of carbonyl (C=O) groups excluding carboxylic acids is 1. The van der Waals surface area contributed by atoms with Gasteiger partial charge in [-0.15, -0.1) is 11.3 Å². The number of hydrogen-bond donors (Lipinski definition) is 1. The van der Waals surface area contributed by atoms with Crippen molar-refractivity contribution in [2.24, 2.45) is 11.8 Å². The molecule has 4 rings (SSSR count). The van der Waals surface area contributed by atoms with E-state index in [2.05, 4.69) is 24.1 Å². The Morgan fingerprint density at radius 2 is 1.74 bits per heavy atom. The first-order valence-corrected chi connectivity index (χ1v) is 13.7. The standard InChI is InChI=1S/C25H29N3O4S2/c1-4-32-21-9-5-19(6-10-21)23-16-33-25(26-23)27-24(29)20-7-11-22(12-8-20)34(30,31)28-14-17(2)13-18(3)15-28/h5-12,16-18H,4,13-15H2,1-3H3,(H,26,27,29)/t17-,18-/m1/s1. The molecule has 1 saturated heterocycles. The zero-order valence-electron chi connectivity index (χ0n) is 19.5. The fourth-order valence-corrected chi connectivity index (χ4v) is 6.65. The average Bonchev–Trinajstić information content (AvgIpc) is 3.27. The maximum absolute atomic E-state index is 13.1. The van der Waals surface area contributed by atoms with Crippen LogP contribution in [0.25, 0.3) is 11.3 Å². The molecule has 7 nitrogen and oxygen atoms in total. The number of thiazole rings is 1. The number of amides is 1. The predicted octanol–water partition coefficient (Wildman–Crippen LogP) is 5.13. The van der Waals surface area contributed by atoms with E-state index in [1.807, 2.05) is 36.6 Å². The van der Waals surface area contributed by atoms with E-state index in [9.17, 15) is 13.2 Å². The van der Waals surface area contributed by atoms with Crippen LogP contribution < -0.4 is 10.1 Å². The first kappa shape index (κ1) is 24.4. The summed E-state index contributed by atoms with van der Waals surface area (Å²) in [4.78, 5) is 17.4. The summed E-state index contributed by atoms with van der Waals surface area (Å²) in [6.45, 7) is 7.74. The molecule has 2 heterocycles. The lowest BCUT2D eigenvalue weighted by Crippen LogP contribution is -2.42. The van der Waals surface area contributed by atoms with Gasteiger partial charge in [0.1, 0.15) is 5.75 Å². The van der Waals surface area contributed by atoms with E-state index < -0.39 is 10.0 Å². The van der Waals surface area contributed by atoms with E-state index in [1.165, 1.54) is 23.5 Å². The summed E-state index contributed by atoms with van der Waals surface area (Å²) in [6.07, 6.45) is 1.03. The summed E-state index contributed by atoms with van der Waals surface area (Å²) in [6, 6.07) is 13.7. The maximum atomic E-state index is 13.1. The molecule has 1 N–H and O–H groups in total. The van der Waals surface area contributed by atoms with Gasteiger partial charge in [0.2, 0.25) is 10.0 Å². The van der Waals surface area contributed by atoms with Gasteiger partial charge in [0.25, 0.3) is 5.91 Å². The smallest absolute Gasteiger partial charge is 0.257 e. The molecule has 0 aliphatic carbocycles. The Morgan fingerprint density at radius 1 is 1.09 bits per heavy atom. The largest absolute Gasteiger partial charge is 0.494 e. The first-order valence-electron chi connectivity index (χ1n) is 11.4. The third-order valence-electron chi connectivity index (χ3n) is 5.78. The van der Waals surface area contributed by atoms with E-state index in [-0.39, 0.29) is 10.8 Å². The number of nitrogens with one attached hydrogen (secondary N) is 1. The van der Waals surface area contributed by atoms with Crippen LogP contribution in [-0.2, 0) is 10.0 Å². The van der Waals surface area contributed by atoms with Crippen LogP contribution >= 0.6 is 11.3 Å². The number of benzene rings is 2. The molecule has 9 heteroatoms. The van der Waals surface area contributed by atoms with Gasteiger partial charge in [0.15, 0.2) is 5.13 Å². The number of aromatic nitrogens is 1. The van der Waals surface area contributed by atoms with Crippen LogP contribution in [0, 0.1) is 11.8 Å². The van der Waals surface area contributed by atoms with Crippen LogP contribution in [0.4, 0.5) is 5.13 Å². The Bertz CT molecular complexity index is 1230. The normalized spacial score (nSPS) is 19.0. The number of sulfonamides is 1. The van der Waals surface area contributed by atoms with Crippen molar-refractivity contribution in [2.45, 2.75) is 32.1 Å². The molecule has 34 heavy (non-hydrogen) atoms. The summed E-state index contributed by atoms with van der Waals surface area (Å²) in [5, 5.41) is 5.15. The first-order chi connectivity index (χ1) is 16.3. The zero-order chi connectivity index (χ0) is 24.3. The molecule has 0 unspecified atom stereocenters. The minimum atomic E-state index is -3.58. The fourth-order valence-electron chi connectivity index (χ4n) is 4.25. The van der Waals surface area contributed by atoms with Crippen molar-refractivity contribution in [3.63, 3.8) is 0 Å². The van der Waals surface area contributed by atoms with E-state index in [0.29, 0.717) is 42.2 Å². The van der Waals surface area contributed by atoms with Crippen LogP contribution in [0.3, 0.4) is 0 Å². The van der Waals surface area contributed by atoms with Crippen molar-refractivity contribution in [1.29, 1.82) is 0 Å². The molecule has 1 fully saturated rings. The lowest BCUT2D eigenvalue weighted by Gasteiger charge is -2.34. The van der Waals surface area contributed by atoms with Gasteiger partial charge in [0, 0.05) is 29.6 Å². The van der Waals surface area contributed by atoms with Gasteiger partial charge in [-0.05, 0) is 73.7 Å². The average molecular weight is 500 g/mol. The highest BCUT2D eigenvalue weighted by Crippen LogP contribution is 2.28. The number of ether oxygens (including phenoxy) is 1. The lowest BCUT2D eigenvalue weighted by atomic mass is 9.94. The van der Waals surface area contributed by atoms with Crippen molar-refractivity contribution < 1.29 is 17.9 Å². The SMILES string of the molecule is CCOc1ccc(-c2csc(NC(=O)c3ccc(S(=O)(=O)N4C[C@H](C)C[C@@H](C)C4)cc3)n2)cc1. The van der Waals surface area contributed by atoms with Gasteiger partial charge in [-0.1, -0.05) is 13.8 Å². The third-order valence-corrected chi connectivity index (χ3v) is 8.38. The Balaban J connectivity index is 1.42. The second-order valence-electron chi connectivity index (χ2n) is 8.74. The van der Waals surface area contributed by atoms with Crippen LogP contribution in [0.1, 0.15) is 37.6 Å². The molecule has 1 aliphatic heterocycles. The summed E-state index contributed by atoms with van der Waals surface area (Å²) >= 11 is 1.33. The molecular weight excluding hydrogens is 470 g/mol. The summed E-state index contributed by atoms with van der Waals surface area (Å²) < 4.78 is 33.1. The Morgan fingerprint density at radius 3 is 2.35 bits per heavy atom. The summed E-state index contributed by atoms with van der Waals surface area (Å²) in [7, 11) is -3.58. The van der Waals surface area contributed by atoms with E-state index in [0.717, 1.165) is 23.4 Å². The predicted molar refractivity (Wildman–Crippen MR) is 135 cm³/mol. The summed E-state index contributed by atoms with van der Waals surface area (Å²) in [5.74, 6) is 1.12. The highest BCUT2D eigenvalue weighted by Gasteiger charge is 2.31. The Hall–Kier alpha value is -2.75. The summed E-state index contributed by atoms with van der Waals surface area (Å²) in [5.41, 5.74) is 2.06. The highest BCUT2D eigenvalue weighted by atomic mass is 32.2. The van der Waals surface area contributed by atoms with Gasteiger partial charge < -0.3 is 4.74 Å². The molecule has 3 aromatic rings. The maximum Gasteiger partial charge on any atom is 0.257 e. The van der Waals surface area contributed by atoms with Crippen LogP contribution in [0.2, 0.25) is 0 Å². The van der Waals surface area contributed by atoms with Gasteiger partial charge in [-0.25, -0.2) is 13.4 Å². The Kier molecular flexibility index (Phi) is 7.35. The van der Waals surface area contributed by atoms with Gasteiger partial charge in [-0.3, -0.25) is 10.1 Å². The monoisotopic (exact) mass is 499 g/mol. The molecule has 2 atom stereocenters. The second kappa shape index (κ2) is 10.2. The van der Waals surface area contributed by atoms with E-state index >= 15 is 0 Å².